The summed E-state index contributed by atoms with van der Waals surface area (Å²) in [6, 6.07) is 0.829. The van der Waals surface area contributed by atoms with Crippen LogP contribution in [0.3, 0.4) is 0 Å². The fourth-order valence-corrected chi connectivity index (χ4v) is 3.02. The summed E-state index contributed by atoms with van der Waals surface area (Å²) in [5.74, 6) is 0. The molecule has 1 nitrogen and oxygen atoms in total. The lowest BCUT2D eigenvalue weighted by molar-refractivity contribution is 0.201. The minimum atomic E-state index is 0.829. The molecule has 0 unspecified atom stereocenters. The van der Waals surface area contributed by atoms with E-state index in [1.165, 1.54) is 51.5 Å². The molecule has 0 aromatic rings. The van der Waals surface area contributed by atoms with Crippen LogP contribution in [0.4, 0.5) is 0 Å². The first kappa shape index (κ1) is 13.6. The van der Waals surface area contributed by atoms with E-state index in [1.54, 1.807) is 11.3 Å². The SMILES string of the molecule is CC/C(C)=C(\CC)N(CC)C1CCCCC1. The van der Waals surface area contributed by atoms with Crippen molar-refractivity contribution in [1.29, 1.82) is 0 Å². The van der Waals surface area contributed by atoms with Gasteiger partial charge in [0.25, 0.3) is 0 Å². The second-order valence-corrected chi connectivity index (χ2v) is 5.01. The van der Waals surface area contributed by atoms with Gasteiger partial charge in [0, 0.05) is 18.3 Å². The molecule has 0 radical (unpaired) electrons. The van der Waals surface area contributed by atoms with Crippen molar-refractivity contribution in [2.45, 2.75) is 78.7 Å². The van der Waals surface area contributed by atoms with Crippen molar-refractivity contribution < 1.29 is 0 Å². The van der Waals surface area contributed by atoms with Gasteiger partial charge in [0.05, 0.1) is 0 Å². The van der Waals surface area contributed by atoms with Gasteiger partial charge in [-0.2, -0.15) is 0 Å². The molecule has 1 saturated carbocycles. The Labute approximate surface area is 102 Å². The van der Waals surface area contributed by atoms with Gasteiger partial charge in [0.1, 0.15) is 0 Å². The largest absolute Gasteiger partial charge is 0.372 e. The lowest BCUT2D eigenvalue weighted by atomic mass is 9.93. The van der Waals surface area contributed by atoms with Crippen molar-refractivity contribution in [3.8, 4) is 0 Å². The Balaban J connectivity index is 2.77. The first-order chi connectivity index (χ1) is 7.74. The summed E-state index contributed by atoms with van der Waals surface area (Å²) in [5, 5.41) is 0. The first-order valence-electron chi connectivity index (χ1n) is 7.19. The van der Waals surface area contributed by atoms with Crippen LogP contribution in [-0.2, 0) is 0 Å². The molecule has 1 aliphatic carbocycles. The standard InChI is InChI=1S/C15H29N/c1-5-13(4)15(6-2)16(7-3)14-11-9-8-10-12-14/h14H,5-12H2,1-4H3/b15-13+. The van der Waals surface area contributed by atoms with E-state index in [2.05, 4.69) is 32.6 Å². The van der Waals surface area contributed by atoms with Crippen molar-refractivity contribution in [3.05, 3.63) is 11.3 Å². The molecule has 0 aliphatic heterocycles. The van der Waals surface area contributed by atoms with E-state index in [0.717, 1.165) is 6.04 Å². The van der Waals surface area contributed by atoms with E-state index >= 15 is 0 Å². The molecule has 1 rings (SSSR count). The van der Waals surface area contributed by atoms with Crippen LogP contribution in [0, 0.1) is 0 Å². The summed E-state index contributed by atoms with van der Waals surface area (Å²) in [5.41, 5.74) is 3.21. The van der Waals surface area contributed by atoms with Crippen LogP contribution in [0.2, 0.25) is 0 Å². The third kappa shape index (κ3) is 3.26. The van der Waals surface area contributed by atoms with Crippen LogP contribution in [0.15, 0.2) is 11.3 Å². The Morgan fingerprint density at radius 1 is 1.00 bits per heavy atom. The van der Waals surface area contributed by atoms with Crippen molar-refractivity contribution in [2.75, 3.05) is 6.54 Å². The lowest BCUT2D eigenvalue weighted by Gasteiger charge is -2.38. The summed E-state index contributed by atoms with van der Waals surface area (Å²) >= 11 is 0. The van der Waals surface area contributed by atoms with E-state index in [4.69, 9.17) is 0 Å². The average Bonchev–Trinajstić information content (AvgIpc) is 2.36. The van der Waals surface area contributed by atoms with Crippen LogP contribution in [0.5, 0.6) is 0 Å². The predicted octanol–water partition coefficient (Wildman–Crippen LogP) is 4.74. The molecule has 0 N–H and O–H groups in total. The molecular weight excluding hydrogens is 194 g/mol. The maximum atomic E-state index is 2.69. The Hall–Kier alpha value is -0.460. The zero-order chi connectivity index (χ0) is 12.0. The molecule has 0 atom stereocenters. The molecule has 0 aromatic carbocycles. The maximum Gasteiger partial charge on any atom is 0.0286 e. The van der Waals surface area contributed by atoms with Gasteiger partial charge < -0.3 is 4.90 Å². The van der Waals surface area contributed by atoms with Gasteiger partial charge in [0.15, 0.2) is 0 Å². The van der Waals surface area contributed by atoms with E-state index in [-0.39, 0.29) is 0 Å². The highest BCUT2D eigenvalue weighted by Gasteiger charge is 2.21. The van der Waals surface area contributed by atoms with E-state index in [9.17, 15) is 0 Å². The van der Waals surface area contributed by atoms with Gasteiger partial charge in [-0.15, -0.1) is 0 Å². The van der Waals surface area contributed by atoms with Crippen molar-refractivity contribution >= 4 is 0 Å². The van der Waals surface area contributed by atoms with Crippen LogP contribution < -0.4 is 0 Å². The molecule has 0 bridgehead atoms. The minimum Gasteiger partial charge on any atom is -0.372 e. The number of allylic oxidation sites excluding steroid dienone is 2. The van der Waals surface area contributed by atoms with E-state index in [0.29, 0.717) is 0 Å². The Morgan fingerprint density at radius 3 is 2.06 bits per heavy atom. The minimum absolute atomic E-state index is 0.829. The lowest BCUT2D eigenvalue weighted by Crippen LogP contribution is -2.36. The van der Waals surface area contributed by atoms with Gasteiger partial charge in [-0.25, -0.2) is 0 Å². The second kappa shape index (κ2) is 6.98. The Bertz CT molecular complexity index is 224. The van der Waals surface area contributed by atoms with Gasteiger partial charge in [-0.1, -0.05) is 38.7 Å². The third-order valence-electron chi connectivity index (χ3n) is 4.06. The molecule has 1 heteroatoms. The van der Waals surface area contributed by atoms with Crippen molar-refractivity contribution in [1.82, 2.24) is 4.90 Å². The number of hydrogen-bond donors (Lipinski definition) is 0. The molecule has 0 spiro atoms. The first-order valence-corrected chi connectivity index (χ1v) is 7.19. The van der Waals surface area contributed by atoms with Gasteiger partial charge >= 0.3 is 0 Å². The quantitative estimate of drug-likeness (QED) is 0.651. The van der Waals surface area contributed by atoms with Crippen molar-refractivity contribution in [2.24, 2.45) is 0 Å². The second-order valence-electron chi connectivity index (χ2n) is 5.01. The highest BCUT2D eigenvalue weighted by atomic mass is 15.2. The highest BCUT2D eigenvalue weighted by Crippen LogP contribution is 2.28. The fraction of sp³-hybridized carbons (Fsp3) is 0.867. The van der Waals surface area contributed by atoms with Crippen LogP contribution in [-0.4, -0.2) is 17.5 Å². The van der Waals surface area contributed by atoms with Crippen LogP contribution in [0.25, 0.3) is 0 Å². The summed E-state index contributed by atoms with van der Waals surface area (Å²) in [4.78, 5) is 2.69. The topological polar surface area (TPSA) is 3.24 Å². The molecule has 0 heterocycles. The number of nitrogens with zero attached hydrogens (tertiary/aromatic N) is 1. The zero-order valence-corrected chi connectivity index (χ0v) is 11.7. The molecule has 16 heavy (non-hydrogen) atoms. The number of rotatable bonds is 5. The summed E-state index contributed by atoms with van der Waals surface area (Å²) in [6.45, 7) is 10.4. The maximum absolute atomic E-state index is 2.69. The predicted molar refractivity (Wildman–Crippen MR) is 72.5 cm³/mol. The van der Waals surface area contributed by atoms with Crippen LogP contribution in [0.1, 0.15) is 72.6 Å². The molecule has 0 aromatic heterocycles. The Kier molecular flexibility index (Phi) is 5.94. The monoisotopic (exact) mass is 223 g/mol. The van der Waals surface area contributed by atoms with Crippen LogP contribution >= 0.6 is 0 Å². The summed E-state index contributed by atoms with van der Waals surface area (Å²) < 4.78 is 0. The smallest absolute Gasteiger partial charge is 0.0286 e. The molecule has 94 valence electrons. The zero-order valence-electron chi connectivity index (χ0n) is 11.7. The van der Waals surface area contributed by atoms with Gasteiger partial charge in [0.2, 0.25) is 0 Å². The molecule has 0 saturated heterocycles. The highest BCUT2D eigenvalue weighted by molar-refractivity contribution is 5.11. The third-order valence-corrected chi connectivity index (χ3v) is 4.06. The van der Waals surface area contributed by atoms with Gasteiger partial charge in [-0.3, -0.25) is 0 Å². The number of hydrogen-bond acceptors (Lipinski definition) is 1. The van der Waals surface area contributed by atoms with E-state index < -0.39 is 0 Å². The molecule has 1 fully saturated rings. The Morgan fingerprint density at radius 2 is 1.62 bits per heavy atom. The normalized spacial score (nSPS) is 19.5. The molecule has 0 amide bonds. The fourth-order valence-electron chi connectivity index (χ4n) is 3.02. The van der Waals surface area contributed by atoms with Crippen molar-refractivity contribution in [3.63, 3.8) is 0 Å². The summed E-state index contributed by atoms with van der Waals surface area (Å²) in [6.07, 6.45) is 9.54. The summed E-state index contributed by atoms with van der Waals surface area (Å²) in [7, 11) is 0. The average molecular weight is 223 g/mol. The molecular formula is C15H29N. The van der Waals surface area contributed by atoms with E-state index in [1.807, 2.05) is 0 Å². The van der Waals surface area contributed by atoms with Gasteiger partial charge in [-0.05, 0) is 39.5 Å². The molecule has 1 aliphatic rings.